The van der Waals surface area contributed by atoms with Crippen molar-refractivity contribution in [3.8, 4) is 33.8 Å². The first-order valence-corrected chi connectivity index (χ1v) is 15.6. The molecule has 4 rings (SSSR count). The largest absolute Gasteiger partial charge is 0.488 e. The van der Waals surface area contributed by atoms with E-state index in [1.807, 2.05) is 53.7 Å². The van der Waals surface area contributed by atoms with Gasteiger partial charge >= 0.3 is 0 Å². The van der Waals surface area contributed by atoms with E-state index in [0.29, 0.717) is 0 Å². The Labute approximate surface area is 266 Å². The highest BCUT2D eigenvalue weighted by Gasteiger charge is 2.19. The molecule has 0 aliphatic heterocycles. The number of aryl methyl sites for hydroxylation is 2. The summed E-state index contributed by atoms with van der Waals surface area (Å²) in [7, 11) is 0. The van der Waals surface area contributed by atoms with E-state index in [9.17, 15) is 0 Å². The number of ether oxygens (including phenoxy) is 2. The second-order valence-corrected chi connectivity index (χ2v) is 11.1. The smallest absolute Gasteiger partial charge is 0.135 e. The van der Waals surface area contributed by atoms with Gasteiger partial charge in [-0.3, -0.25) is 0 Å². The van der Waals surface area contributed by atoms with E-state index >= 15 is 0 Å². The van der Waals surface area contributed by atoms with Crippen molar-refractivity contribution in [2.24, 2.45) is 0 Å². The minimum atomic E-state index is -0.256. The fourth-order valence-electron chi connectivity index (χ4n) is 3.91. The third-order valence-electron chi connectivity index (χ3n) is 5.41. The van der Waals surface area contributed by atoms with Gasteiger partial charge in [-0.25, -0.2) is 0 Å². The van der Waals surface area contributed by atoms with Crippen molar-refractivity contribution in [3.05, 3.63) is 108 Å². The fraction of sp³-hybridized carbons (Fsp3) is 0.415. The van der Waals surface area contributed by atoms with E-state index in [-0.39, 0.29) is 18.6 Å². The molecule has 0 fully saturated rings. The maximum atomic E-state index is 6.37. The molecular weight excluding hydrogens is 524 g/mol. The molecular formula is C41H62O2. The van der Waals surface area contributed by atoms with Gasteiger partial charge in [-0.1, -0.05) is 146 Å². The summed E-state index contributed by atoms with van der Waals surface area (Å²) in [5, 5.41) is 0. The molecule has 0 saturated heterocycles. The average molecular weight is 587 g/mol. The number of benzene rings is 4. The molecule has 2 heteroatoms. The van der Waals surface area contributed by atoms with Gasteiger partial charge in [0.2, 0.25) is 0 Å². The fourth-order valence-corrected chi connectivity index (χ4v) is 3.91. The molecule has 0 bridgehead atoms. The third-order valence-corrected chi connectivity index (χ3v) is 5.41. The Morgan fingerprint density at radius 1 is 0.395 bits per heavy atom. The molecule has 0 atom stereocenters. The molecule has 0 aliphatic carbocycles. The van der Waals surface area contributed by atoms with Crippen LogP contribution in [-0.4, -0.2) is 11.2 Å². The van der Waals surface area contributed by atoms with Crippen LogP contribution >= 0.6 is 0 Å². The Morgan fingerprint density at radius 3 is 1.02 bits per heavy atom. The highest BCUT2D eigenvalue weighted by molar-refractivity contribution is 5.82. The highest BCUT2D eigenvalue weighted by Crippen LogP contribution is 2.40. The molecule has 2 nitrogen and oxygen atoms in total. The SMILES string of the molecule is C.CC.CC.CC.CC(C)(C)Oc1c(-c2ccccc2)cccc1-c1ccccc1.Cc1cccc(C)c1OC(C)(C)C. The first-order chi connectivity index (χ1) is 19.9. The van der Waals surface area contributed by atoms with Gasteiger partial charge in [0.25, 0.3) is 0 Å². The van der Waals surface area contributed by atoms with Crippen molar-refractivity contribution in [2.45, 2.75) is 116 Å². The highest BCUT2D eigenvalue weighted by atomic mass is 16.5. The lowest BCUT2D eigenvalue weighted by Gasteiger charge is -2.26. The van der Waals surface area contributed by atoms with Crippen LogP contribution in [0.3, 0.4) is 0 Å². The molecule has 0 unspecified atom stereocenters. The van der Waals surface area contributed by atoms with Crippen LogP contribution in [0.1, 0.15) is 102 Å². The minimum absolute atomic E-state index is 0. The predicted octanol–water partition coefficient (Wildman–Crippen LogP) is 13.4. The molecule has 238 valence electrons. The van der Waals surface area contributed by atoms with Crippen LogP contribution in [0.25, 0.3) is 22.3 Å². The normalized spacial score (nSPS) is 9.91. The monoisotopic (exact) mass is 586 g/mol. The van der Waals surface area contributed by atoms with Gasteiger partial charge < -0.3 is 9.47 Å². The molecule has 4 aromatic rings. The van der Waals surface area contributed by atoms with Gasteiger partial charge in [-0.15, -0.1) is 0 Å². The lowest BCUT2D eigenvalue weighted by atomic mass is 9.97. The summed E-state index contributed by atoms with van der Waals surface area (Å²) in [6.07, 6.45) is 0. The molecule has 0 heterocycles. The van der Waals surface area contributed by atoms with Crippen LogP contribution in [0.2, 0.25) is 0 Å². The zero-order chi connectivity index (χ0) is 32.3. The summed E-state index contributed by atoms with van der Waals surface area (Å²) >= 11 is 0. The van der Waals surface area contributed by atoms with Gasteiger partial charge in [0.15, 0.2) is 0 Å². The van der Waals surface area contributed by atoms with Crippen LogP contribution < -0.4 is 9.47 Å². The predicted molar refractivity (Wildman–Crippen MR) is 195 cm³/mol. The lowest BCUT2D eigenvalue weighted by Crippen LogP contribution is -2.23. The number of hydrogen-bond acceptors (Lipinski definition) is 2. The van der Waals surface area contributed by atoms with E-state index in [1.54, 1.807) is 0 Å². The maximum absolute atomic E-state index is 6.37. The van der Waals surface area contributed by atoms with E-state index in [2.05, 4.69) is 140 Å². The summed E-state index contributed by atoms with van der Waals surface area (Å²) in [5.74, 6) is 1.97. The van der Waals surface area contributed by atoms with E-state index < -0.39 is 0 Å². The van der Waals surface area contributed by atoms with Crippen LogP contribution in [0.15, 0.2) is 97.1 Å². The topological polar surface area (TPSA) is 18.5 Å². The van der Waals surface area contributed by atoms with Crippen molar-refractivity contribution in [1.29, 1.82) is 0 Å². The van der Waals surface area contributed by atoms with Crippen molar-refractivity contribution in [3.63, 3.8) is 0 Å². The van der Waals surface area contributed by atoms with Crippen molar-refractivity contribution in [1.82, 2.24) is 0 Å². The van der Waals surface area contributed by atoms with Crippen molar-refractivity contribution < 1.29 is 9.47 Å². The quantitative estimate of drug-likeness (QED) is 0.237. The number of para-hydroxylation sites is 2. The second kappa shape index (κ2) is 21.2. The zero-order valence-electron chi connectivity index (χ0n) is 29.1. The molecule has 0 aliphatic rings. The molecule has 0 saturated carbocycles. The van der Waals surface area contributed by atoms with E-state index in [1.165, 1.54) is 22.3 Å². The van der Waals surface area contributed by atoms with E-state index in [4.69, 9.17) is 9.47 Å². The minimum Gasteiger partial charge on any atom is -0.488 e. The van der Waals surface area contributed by atoms with Gasteiger partial charge in [0.1, 0.15) is 22.7 Å². The molecule has 0 N–H and O–H groups in total. The summed E-state index contributed by atoms with van der Waals surface area (Å²) < 4.78 is 12.2. The Hall–Kier alpha value is -3.52. The molecule has 0 radical (unpaired) electrons. The average Bonchev–Trinajstić information content (AvgIpc) is 2.98. The van der Waals surface area contributed by atoms with Crippen LogP contribution in [0.4, 0.5) is 0 Å². The van der Waals surface area contributed by atoms with Gasteiger partial charge in [-0.2, -0.15) is 0 Å². The Balaban J connectivity index is 0. The molecule has 43 heavy (non-hydrogen) atoms. The van der Waals surface area contributed by atoms with Crippen molar-refractivity contribution >= 4 is 0 Å². The standard InChI is InChI=1S/C22H22O.C12H18O.3C2H6.CH4/c1-22(2,3)23-21-19(17-11-6-4-7-12-17)15-10-16-20(21)18-13-8-5-9-14-18;1-9-7-6-8-10(2)11(9)13-12(3,4)5;3*1-2;/h4-16H,1-3H3;6-8H,1-5H3;3*1-2H3;1H4. The third kappa shape index (κ3) is 15.0. The van der Waals surface area contributed by atoms with Crippen LogP contribution in [0.5, 0.6) is 11.5 Å². The Bertz CT molecular complexity index is 1170. The maximum Gasteiger partial charge on any atom is 0.135 e. The first-order valence-electron chi connectivity index (χ1n) is 15.6. The summed E-state index contributed by atoms with van der Waals surface area (Å²) in [5.41, 5.74) is 6.63. The zero-order valence-corrected chi connectivity index (χ0v) is 29.1. The molecule has 0 aromatic heterocycles. The lowest BCUT2D eigenvalue weighted by molar-refractivity contribution is 0.128. The van der Waals surface area contributed by atoms with Gasteiger partial charge in [0.05, 0.1) is 0 Å². The second-order valence-electron chi connectivity index (χ2n) is 11.1. The molecule has 0 spiro atoms. The van der Waals surface area contributed by atoms with E-state index in [0.717, 1.165) is 22.6 Å². The van der Waals surface area contributed by atoms with Gasteiger partial charge in [-0.05, 0) is 77.6 Å². The van der Waals surface area contributed by atoms with Gasteiger partial charge in [0, 0.05) is 11.1 Å². The first kappa shape index (κ1) is 41.6. The Morgan fingerprint density at radius 2 is 0.698 bits per heavy atom. The number of rotatable bonds is 4. The molecule has 0 amide bonds. The van der Waals surface area contributed by atoms with Crippen molar-refractivity contribution in [2.75, 3.05) is 0 Å². The summed E-state index contributed by atoms with van der Waals surface area (Å²) in [6, 6.07) is 33.4. The molecule has 4 aromatic carbocycles. The van der Waals surface area contributed by atoms with Crippen LogP contribution in [-0.2, 0) is 0 Å². The summed E-state index contributed by atoms with van der Waals surface area (Å²) in [6.45, 7) is 28.6. The summed E-state index contributed by atoms with van der Waals surface area (Å²) in [4.78, 5) is 0. The number of hydrogen-bond donors (Lipinski definition) is 0. The van der Waals surface area contributed by atoms with Crippen LogP contribution in [0, 0.1) is 13.8 Å². The Kier molecular flexibility index (Phi) is 20.5.